The van der Waals surface area contributed by atoms with Crippen LogP contribution in [0.1, 0.15) is 48.3 Å². The van der Waals surface area contributed by atoms with Crippen LogP contribution in [-0.4, -0.2) is 73.3 Å². The normalized spacial score (nSPS) is 16.7. The molecular formula is C21H31F3N4O5S. The van der Waals surface area contributed by atoms with Gasteiger partial charge < -0.3 is 15.7 Å². The fraction of sp³-hybridized carbons (Fsp3) is 0.667. The van der Waals surface area contributed by atoms with Gasteiger partial charge in [-0.15, -0.1) is 0 Å². The molecule has 1 fully saturated rings. The molecule has 192 valence electrons. The highest BCUT2D eigenvalue weighted by molar-refractivity contribution is 7.89. The number of carbonyl (C=O) groups excluding carboxylic acids is 1. The van der Waals surface area contributed by atoms with Crippen molar-refractivity contribution in [1.82, 2.24) is 14.6 Å². The Labute approximate surface area is 197 Å². The number of pyridine rings is 1. The van der Waals surface area contributed by atoms with E-state index in [9.17, 15) is 26.4 Å². The summed E-state index contributed by atoms with van der Waals surface area (Å²) in [4.78, 5) is 25.9. The quantitative estimate of drug-likeness (QED) is 0.515. The number of fused-ring (bicyclic) bond motifs is 1. The smallest absolute Gasteiger partial charge is 0.475 e. The summed E-state index contributed by atoms with van der Waals surface area (Å²) in [5.41, 5.74) is 2.39. The van der Waals surface area contributed by atoms with Gasteiger partial charge in [-0.2, -0.15) is 13.2 Å². The molecule has 1 saturated carbocycles. The minimum atomic E-state index is -5.08. The highest BCUT2D eigenvalue weighted by atomic mass is 32.2. The van der Waals surface area contributed by atoms with Crippen molar-refractivity contribution in [2.75, 3.05) is 37.8 Å². The van der Waals surface area contributed by atoms with Gasteiger partial charge in [0.15, 0.2) is 0 Å². The molecule has 0 unspecified atom stereocenters. The van der Waals surface area contributed by atoms with Crippen LogP contribution < -0.4 is 10.6 Å². The maximum absolute atomic E-state index is 12.6. The van der Waals surface area contributed by atoms with Crippen LogP contribution in [0, 0.1) is 11.8 Å². The average Bonchev–Trinajstić information content (AvgIpc) is 3.56. The van der Waals surface area contributed by atoms with E-state index < -0.39 is 22.2 Å². The Morgan fingerprint density at radius 3 is 2.32 bits per heavy atom. The molecule has 0 saturated heterocycles. The largest absolute Gasteiger partial charge is 0.490 e. The molecule has 1 aromatic rings. The minimum Gasteiger partial charge on any atom is -0.475 e. The van der Waals surface area contributed by atoms with Gasteiger partial charge in [-0.05, 0) is 42.7 Å². The SMILES string of the molecule is CNC(=O)c1cc2c(nc1NCC1CC1)CCN(S(=O)(=O)CC(C)C)CC2.O=C(O)C(F)(F)F. The van der Waals surface area contributed by atoms with Crippen molar-refractivity contribution in [3.05, 3.63) is 22.9 Å². The molecule has 0 bridgehead atoms. The van der Waals surface area contributed by atoms with Crippen molar-refractivity contribution in [2.45, 2.75) is 45.7 Å². The lowest BCUT2D eigenvalue weighted by Crippen LogP contribution is -2.36. The van der Waals surface area contributed by atoms with Gasteiger partial charge in [-0.1, -0.05) is 13.8 Å². The fourth-order valence-corrected chi connectivity index (χ4v) is 5.22. The lowest BCUT2D eigenvalue weighted by Gasteiger charge is -2.20. The van der Waals surface area contributed by atoms with E-state index in [2.05, 4.69) is 10.6 Å². The van der Waals surface area contributed by atoms with Gasteiger partial charge in [-0.3, -0.25) is 4.79 Å². The summed E-state index contributed by atoms with van der Waals surface area (Å²) in [6, 6.07) is 1.88. The van der Waals surface area contributed by atoms with Gasteiger partial charge in [0.2, 0.25) is 10.0 Å². The molecule has 0 spiro atoms. The number of carboxylic acids is 1. The van der Waals surface area contributed by atoms with Crippen molar-refractivity contribution < 1.29 is 36.3 Å². The second-order valence-electron chi connectivity index (χ2n) is 8.77. The first-order chi connectivity index (χ1) is 15.7. The van der Waals surface area contributed by atoms with Crippen LogP contribution in [0.25, 0.3) is 0 Å². The first-order valence-corrected chi connectivity index (χ1v) is 12.6. The Morgan fingerprint density at radius 2 is 1.82 bits per heavy atom. The Morgan fingerprint density at radius 1 is 1.24 bits per heavy atom. The van der Waals surface area contributed by atoms with Gasteiger partial charge in [-0.25, -0.2) is 22.5 Å². The zero-order valence-corrected chi connectivity index (χ0v) is 20.2. The summed E-state index contributed by atoms with van der Waals surface area (Å²) >= 11 is 0. The van der Waals surface area contributed by atoms with Crippen molar-refractivity contribution >= 4 is 27.7 Å². The molecule has 9 nitrogen and oxygen atoms in total. The molecule has 2 aliphatic rings. The Bertz CT molecular complexity index is 995. The van der Waals surface area contributed by atoms with Crippen LogP contribution in [-0.2, 0) is 27.7 Å². The maximum Gasteiger partial charge on any atom is 0.490 e. The topological polar surface area (TPSA) is 129 Å². The van der Waals surface area contributed by atoms with Gasteiger partial charge in [0.25, 0.3) is 5.91 Å². The molecule has 1 aromatic heterocycles. The molecule has 34 heavy (non-hydrogen) atoms. The molecule has 2 heterocycles. The van der Waals surface area contributed by atoms with Crippen LogP contribution in [0.4, 0.5) is 19.0 Å². The number of alkyl halides is 3. The fourth-order valence-electron chi connectivity index (χ4n) is 3.42. The van der Waals surface area contributed by atoms with E-state index >= 15 is 0 Å². The number of halogens is 3. The third kappa shape index (κ3) is 8.12. The lowest BCUT2D eigenvalue weighted by atomic mass is 10.1. The van der Waals surface area contributed by atoms with E-state index in [1.165, 1.54) is 12.8 Å². The molecular weight excluding hydrogens is 477 g/mol. The number of aromatic nitrogens is 1. The maximum atomic E-state index is 12.6. The van der Waals surface area contributed by atoms with Crippen LogP contribution in [0.2, 0.25) is 0 Å². The van der Waals surface area contributed by atoms with Crippen molar-refractivity contribution in [3.8, 4) is 0 Å². The van der Waals surface area contributed by atoms with Gasteiger partial charge in [0.05, 0.1) is 11.3 Å². The highest BCUT2D eigenvalue weighted by Gasteiger charge is 2.38. The predicted molar refractivity (Wildman–Crippen MR) is 120 cm³/mol. The molecule has 0 aromatic carbocycles. The third-order valence-electron chi connectivity index (χ3n) is 5.33. The average molecular weight is 509 g/mol. The van der Waals surface area contributed by atoms with Gasteiger partial charge >= 0.3 is 12.1 Å². The van der Waals surface area contributed by atoms with Crippen LogP contribution in [0.3, 0.4) is 0 Å². The number of anilines is 1. The molecule has 1 aliphatic heterocycles. The number of aliphatic carboxylic acids is 1. The molecule has 3 N–H and O–H groups in total. The van der Waals surface area contributed by atoms with Crippen LogP contribution >= 0.6 is 0 Å². The summed E-state index contributed by atoms with van der Waals surface area (Å²) in [7, 11) is -1.66. The standard InChI is InChI=1S/C19H30N4O3S.C2HF3O2/c1-13(2)12-27(25,26)23-8-6-15-10-16(19(24)20-3)18(21-11-14-4-5-14)22-17(15)7-9-23;3-2(4,5)1(6)7/h10,13-14H,4-9,11-12H2,1-3H3,(H,20,24)(H,21,22);(H,6,7). The summed E-state index contributed by atoms with van der Waals surface area (Å²) in [5.74, 6) is -1.39. The summed E-state index contributed by atoms with van der Waals surface area (Å²) in [6.45, 7) is 5.53. The highest BCUT2D eigenvalue weighted by Crippen LogP contribution is 2.30. The number of amides is 1. The minimum absolute atomic E-state index is 0.0943. The number of nitrogens with zero attached hydrogens (tertiary/aromatic N) is 2. The number of hydrogen-bond acceptors (Lipinski definition) is 6. The molecule has 3 rings (SSSR count). The summed E-state index contributed by atoms with van der Waals surface area (Å²) in [6.07, 6.45) is -1.50. The summed E-state index contributed by atoms with van der Waals surface area (Å²) < 4.78 is 58.5. The number of carboxylic acid groups (broad SMARTS) is 1. The Balaban J connectivity index is 0.000000509. The van der Waals surface area contributed by atoms with Crippen molar-refractivity contribution in [1.29, 1.82) is 0 Å². The first-order valence-electron chi connectivity index (χ1n) is 11.0. The number of sulfonamides is 1. The molecule has 13 heteroatoms. The monoisotopic (exact) mass is 508 g/mol. The number of nitrogens with one attached hydrogen (secondary N) is 2. The summed E-state index contributed by atoms with van der Waals surface area (Å²) in [5, 5.41) is 13.1. The van der Waals surface area contributed by atoms with E-state index in [0.717, 1.165) is 17.8 Å². The second kappa shape index (κ2) is 11.3. The van der Waals surface area contributed by atoms with E-state index in [1.54, 1.807) is 11.4 Å². The molecule has 1 aliphatic carbocycles. The number of carbonyl (C=O) groups is 2. The van der Waals surface area contributed by atoms with E-state index in [1.807, 2.05) is 19.9 Å². The van der Waals surface area contributed by atoms with Crippen molar-refractivity contribution in [2.24, 2.45) is 11.8 Å². The first kappa shape index (κ1) is 27.8. The zero-order chi connectivity index (χ0) is 25.7. The Hall–Kier alpha value is -2.41. The third-order valence-corrected chi connectivity index (χ3v) is 7.57. The molecule has 0 atom stereocenters. The number of hydrogen-bond donors (Lipinski definition) is 3. The van der Waals surface area contributed by atoms with E-state index in [-0.39, 0.29) is 17.6 Å². The van der Waals surface area contributed by atoms with E-state index in [4.69, 9.17) is 14.9 Å². The van der Waals surface area contributed by atoms with Crippen LogP contribution in [0.5, 0.6) is 0 Å². The zero-order valence-electron chi connectivity index (χ0n) is 19.4. The second-order valence-corrected chi connectivity index (χ2v) is 10.8. The predicted octanol–water partition coefficient (Wildman–Crippen LogP) is 2.28. The van der Waals surface area contributed by atoms with Crippen LogP contribution in [0.15, 0.2) is 6.07 Å². The van der Waals surface area contributed by atoms with Gasteiger partial charge in [0.1, 0.15) is 5.82 Å². The molecule has 0 radical (unpaired) electrons. The lowest BCUT2D eigenvalue weighted by molar-refractivity contribution is -0.192. The molecule has 1 amide bonds. The van der Waals surface area contributed by atoms with Crippen molar-refractivity contribution in [3.63, 3.8) is 0 Å². The number of rotatable bonds is 7. The van der Waals surface area contributed by atoms with Gasteiger partial charge in [0, 0.05) is 38.8 Å². The Kier molecular flexibility index (Phi) is 9.29. The van der Waals surface area contributed by atoms with E-state index in [0.29, 0.717) is 43.2 Å².